The third-order valence-corrected chi connectivity index (χ3v) is 6.11. The van der Waals surface area contributed by atoms with Gasteiger partial charge in [-0.05, 0) is 79.9 Å². The largest absolute Gasteiger partial charge is 0.480 e. The molecule has 0 aliphatic rings. The fraction of sp³-hybridized carbons (Fsp3) is 0.250. The number of carboxylic acid groups (broad SMARTS) is 1. The molecule has 2 N–H and O–H groups in total. The first-order chi connectivity index (χ1) is 9.76. The lowest BCUT2D eigenvalue weighted by molar-refractivity contribution is -0.147. The lowest BCUT2D eigenvalue weighted by Gasteiger charge is -2.14. The molecule has 0 radical (unpaired) electrons. The number of esters is 1. The number of rotatable bonds is 5. The number of carboxylic acids is 1. The van der Waals surface area contributed by atoms with Crippen molar-refractivity contribution in [3.05, 3.63) is 28.4 Å². The van der Waals surface area contributed by atoms with Crippen molar-refractivity contribution in [2.45, 2.75) is 12.5 Å². The Morgan fingerprint density at radius 2 is 1.90 bits per heavy atom. The Hall–Kier alpha value is -0.180. The fourth-order valence-corrected chi connectivity index (χ4v) is 3.81. The Bertz CT molecular complexity index is 591. The molecular weight excluding hydrogens is 619 g/mol. The highest BCUT2D eigenvalue weighted by Gasteiger charge is 2.25. The van der Waals surface area contributed by atoms with Gasteiger partial charge >= 0.3 is 11.9 Å². The zero-order valence-corrected chi connectivity index (χ0v) is 17.1. The van der Waals surface area contributed by atoms with Gasteiger partial charge in [0.05, 0.1) is 19.1 Å². The zero-order chi connectivity index (χ0) is 16.2. The van der Waals surface area contributed by atoms with Gasteiger partial charge < -0.3 is 15.2 Å². The molecule has 0 heterocycles. The molecule has 0 bridgehead atoms. The van der Waals surface area contributed by atoms with Gasteiger partial charge in [-0.25, -0.2) is 4.79 Å². The number of halogens is 3. The van der Waals surface area contributed by atoms with E-state index in [1.807, 2.05) is 28.7 Å². The summed E-state index contributed by atoms with van der Waals surface area (Å²) in [6, 6.07) is 2.25. The van der Waals surface area contributed by atoms with Crippen molar-refractivity contribution in [2.75, 3.05) is 7.11 Å². The molecule has 0 unspecified atom stereocenters. The first kappa shape index (κ1) is 18.9. The molecule has 1 aromatic carbocycles. The number of carbonyl (C=O) groups is 3. The SMILES string of the molecule is COC(=O)C[C@H](NC(=O)c1cc(I)cc(I)c1I)C(=O)O. The van der Waals surface area contributed by atoms with Gasteiger partial charge in [0.15, 0.2) is 0 Å². The van der Waals surface area contributed by atoms with Gasteiger partial charge in [-0.3, -0.25) is 9.59 Å². The van der Waals surface area contributed by atoms with E-state index in [0.29, 0.717) is 5.56 Å². The van der Waals surface area contributed by atoms with E-state index in [4.69, 9.17) is 5.11 Å². The Morgan fingerprint density at radius 1 is 1.29 bits per heavy atom. The number of benzene rings is 1. The average molecular weight is 629 g/mol. The summed E-state index contributed by atoms with van der Waals surface area (Å²) in [6.45, 7) is 0. The normalized spacial score (nSPS) is 11.6. The van der Waals surface area contributed by atoms with Crippen LogP contribution in [0.2, 0.25) is 0 Å². The third-order valence-electron chi connectivity index (χ3n) is 2.44. The van der Waals surface area contributed by atoms with Crippen LogP contribution in [0.25, 0.3) is 0 Å². The molecule has 0 saturated heterocycles. The van der Waals surface area contributed by atoms with Crippen molar-refractivity contribution in [1.29, 1.82) is 0 Å². The highest BCUT2D eigenvalue weighted by molar-refractivity contribution is 14.1. The smallest absolute Gasteiger partial charge is 0.326 e. The van der Waals surface area contributed by atoms with E-state index in [9.17, 15) is 14.4 Å². The van der Waals surface area contributed by atoms with E-state index < -0.39 is 30.3 Å². The second-order valence-electron chi connectivity index (χ2n) is 3.89. The van der Waals surface area contributed by atoms with Gasteiger partial charge in [0.2, 0.25) is 0 Å². The molecule has 0 spiro atoms. The Kier molecular flexibility index (Phi) is 7.59. The van der Waals surface area contributed by atoms with Crippen molar-refractivity contribution in [2.24, 2.45) is 0 Å². The molecule has 0 aromatic heterocycles. The van der Waals surface area contributed by atoms with Gasteiger partial charge in [0, 0.05) is 10.7 Å². The first-order valence-corrected chi connectivity index (χ1v) is 8.75. The van der Waals surface area contributed by atoms with Crippen molar-refractivity contribution >= 4 is 85.6 Å². The predicted molar refractivity (Wildman–Crippen MR) is 100 cm³/mol. The lowest BCUT2D eigenvalue weighted by atomic mass is 10.1. The number of hydrogen-bond acceptors (Lipinski definition) is 4. The zero-order valence-electron chi connectivity index (χ0n) is 10.7. The van der Waals surface area contributed by atoms with E-state index in [1.165, 1.54) is 0 Å². The predicted octanol–water partition coefficient (Wildman–Crippen LogP) is 2.25. The molecule has 0 saturated carbocycles. The number of nitrogens with one attached hydrogen (secondary N) is 1. The Morgan fingerprint density at radius 3 is 2.43 bits per heavy atom. The van der Waals surface area contributed by atoms with Crippen molar-refractivity contribution in [3.8, 4) is 0 Å². The van der Waals surface area contributed by atoms with Crippen LogP contribution in [-0.2, 0) is 14.3 Å². The van der Waals surface area contributed by atoms with Gasteiger partial charge in [0.25, 0.3) is 5.91 Å². The molecule has 21 heavy (non-hydrogen) atoms. The second kappa shape index (κ2) is 8.45. The van der Waals surface area contributed by atoms with Crippen molar-refractivity contribution in [1.82, 2.24) is 5.32 Å². The van der Waals surface area contributed by atoms with Gasteiger partial charge in [-0.15, -0.1) is 0 Å². The van der Waals surface area contributed by atoms with Crippen LogP contribution in [0.3, 0.4) is 0 Å². The van der Waals surface area contributed by atoms with Crippen molar-refractivity contribution < 1.29 is 24.2 Å². The first-order valence-electron chi connectivity index (χ1n) is 5.51. The summed E-state index contributed by atoms with van der Waals surface area (Å²) in [4.78, 5) is 34.5. The minimum absolute atomic E-state index is 0.378. The Balaban J connectivity index is 2.97. The third kappa shape index (κ3) is 5.50. The topological polar surface area (TPSA) is 92.7 Å². The molecule has 6 nitrogen and oxygen atoms in total. The van der Waals surface area contributed by atoms with Crippen LogP contribution < -0.4 is 5.32 Å². The van der Waals surface area contributed by atoms with E-state index in [1.54, 1.807) is 6.07 Å². The molecule has 0 fully saturated rings. The van der Waals surface area contributed by atoms with Crippen LogP contribution >= 0.6 is 67.8 Å². The maximum Gasteiger partial charge on any atom is 0.326 e. The standard InChI is InChI=1S/C12H10I3NO5/c1-21-9(17)4-8(12(19)20)16-11(18)6-2-5(13)3-7(14)10(6)15/h2-3,8H,4H2,1H3,(H,16,18)(H,19,20)/t8-/m0/s1. The molecule has 1 atom stereocenters. The molecule has 9 heteroatoms. The van der Waals surface area contributed by atoms with E-state index in [0.717, 1.165) is 17.8 Å². The van der Waals surface area contributed by atoms with Gasteiger partial charge in [-0.1, -0.05) is 0 Å². The number of aliphatic carboxylic acids is 1. The van der Waals surface area contributed by atoms with Gasteiger partial charge in [0.1, 0.15) is 6.04 Å². The van der Waals surface area contributed by atoms with Crippen molar-refractivity contribution in [3.63, 3.8) is 0 Å². The van der Waals surface area contributed by atoms with Crippen LogP contribution in [0.1, 0.15) is 16.8 Å². The summed E-state index contributed by atoms with van der Waals surface area (Å²) in [5.41, 5.74) is 0.378. The summed E-state index contributed by atoms with van der Waals surface area (Å²) >= 11 is 6.20. The Labute approximate surface area is 161 Å². The number of methoxy groups -OCH3 is 1. The summed E-state index contributed by atoms with van der Waals surface area (Å²) in [5.74, 6) is -2.52. The van der Waals surface area contributed by atoms with Crippen LogP contribution in [0.5, 0.6) is 0 Å². The fourth-order valence-electron chi connectivity index (χ4n) is 1.41. The highest BCUT2D eigenvalue weighted by Crippen LogP contribution is 2.23. The molecular formula is C12H10I3NO5. The summed E-state index contributed by atoms with van der Waals surface area (Å²) in [6.07, 6.45) is -0.421. The molecule has 1 rings (SSSR count). The average Bonchev–Trinajstić information content (AvgIpc) is 2.41. The maximum absolute atomic E-state index is 12.2. The highest BCUT2D eigenvalue weighted by atomic mass is 127. The quantitative estimate of drug-likeness (QED) is 0.297. The van der Waals surface area contributed by atoms with Crippen LogP contribution in [0.15, 0.2) is 12.1 Å². The monoisotopic (exact) mass is 629 g/mol. The molecule has 1 amide bonds. The van der Waals surface area contributed by atoms with Crippen LogP contribution in [0, 0.1) is 10.7 Å². The summed E-state index contributed by atoms with van der Waals surface area (Å²) in [7, 11) is 1.16. The van der Waals surface area contributed by atoms with E-state index in [2.05, 4.69) is 55.2 Å². The maximum atomic E-state index is 12.2. The van der Waals surface area contributed by atoms with Crippen LogP contribution in [0.4, 0.5) is 0 Å². The number of ether oxygens (including phenoxy) is 1. The number of hydrogen-bond donors (Lipinski definition) is 2. The second-order valence-corrected chi connectivity index (χ2v) is 7.38. The minimum Gasteiger partial charge on any atom is -0.480 e. The molecule has 1 aromatic rings. The van der Waals surface area contributed by atoms with E-state index in [-0.39, 0.29) is 0 Å². The number of amides is 1. The minimum atomic E-state index is -1.32. The summed E-state index contributed by atoms with van der Waals surface area (Å²) < 4.78 is 6.91. The lowest BCUT2D eigenvalue weighted by Crippen LogP contribution is -2.42. The van der Waals surface area contributed by atoms with Crippen LogP contribution in [-0.4, -0.2) is 36.1 Å². The molecule has 114 valence electrons. The van der Waals surface area contributed by atoms with E-state index >= 15 is 0 Å². The number of carbonyl (C=O) groups excluding carboxylic acids is 2. The van der Waals surface area contributed by atoms with Gasteiger partial charge in [-0.2, -0.15) is 0 Å². The summed E-state index contributed by atoms with van der Waals surface area (Å²) in [5, 5.41) is 11.4. The molecule has 0 aliphatic heterocycles. The molecule has 0 aliphatic carbocycles.